The summed E-state index contributed by atoms with van der Waals surface area (Å²) in [5.74, 6) is -1.49. The van der Waals surface area contributed by atoms with Gasteiger partial charge in [-0.05, 0) is 53.7 Å². The van der Waals surface area contributed by atoms with Crippen LogP contribution in [0.25, 0.3) is 16.7 Å². The van der Waals surface area contributed by atoms with Gasteiger partial charge in [-0.15, -0.1) is 0 Å². The maximum absolute atomic E-state index is 15.0. The lowest BCUT2D eigenvalue weighted by Gasteiger charge is -2.29. The molecule has 0 aliphatic rings. The Labute approximate surface area is 231 Å². The summed E-state index contributed by atoms with van der Waals surface area (Å²) in [6.07, 6.45) is -6.40. The number of fused-ring (bicyclic) bond motifs is 1. The number of carbonyl (C=O) groups excluding carboxylic acids is 2. The van der Waals surface area contributed by atoms with Crippen molar-refractivity contribution in [2.24, 2.45) is 0 Å². The zero-order valence-electron chi connectivity index (χ0n) is 23.0. The van der Waals surface area contributed by atoms with E-state index in [0.717, 1.165) is 12.3 Å². The number of carbonyl (C=O) groups is 2. The standard InChI is InChI=1S/C25H26F4N4O7S/c1-23(2,3)39-21(35)32(22(36)40-24(4,5)6)16-11-17(34)33(18-14(25(27,28)29)9-8-10-15(18)26)19-13(16)12-30-20(31-19)41(7,37)38/h8-12H,1-7H3. The summed E-state index contributed by atoms with van der Waals surface area (Å²) in [5.41, 5.74) is -8.08. The minimum Gasteiger partial charge on any atom is -0.443 e. The zero-order valence-corrected chi connectivity index (χ0v) is 23.8. The molecule has 2 heterocycles. The van der Waals surface area contributed by atoms with E-state index >= 15 is 4.39 Å². The van der Waals surface area contributed by atoms with Crippen molar-refractivity contribution in [1.29, 1.82) is 0 Å². The summed E-state index contributed by atoms with van der Waals surface area (Å²) < 4.78 is 92.0. The predicted octanol–water partition coefficient (Wildman–Crippen LogP) is 5.02. The van der Waals surface area contributed by atoms with E-state index in [9.17, 15) is 36.0 Å². The van der Waals surface area contributed by atoms with Crippen LogP contribution in [-0.2, 0) is 25.5 Å². The molecule has 3 aromatic rings. The van der Waals surface area contributed by atoms with Crippen molar-refractivity contribution in [2.45, 2.75) is 64.1 Å². The topological polar surface area (TPSA) is 138 Å². The van der Waals surface area contributed by atoms with E-state index in [4.69, 9.17) is 9.47 Å². The first-order chi connectivity index (χ1) is 18.5. The number of pyridine rings is 1. The summed E-state index contributed by atoms with van der Waals surface area (Å²) in [4.78, 5) is 47.6. The van der Waals surface area contributed by atoms with Crippen LogP contribution < -0.4 is 10.5 Å². The molecule has 0 radical (unpaired) electrons. The van der Waals surface area contributed by atoms with Gasteiger partial charge >= 0.3 is 18.4 Å². The average molecular weight is 603 g/mol. The molecule has 41 heavy (non-hydrogen) atoms. The molecular weight excluding hydrogens is 576 g/mol. The molecule has 0 N–H and O–H groups in total. The highest BCUT2D eigenvalue weighted by molar-refractivity contribution is 7.90. The molecule has 0 bridgehead atoms. The number of amides is 2. The smallest absolute Gasteiger partial charge is 0.424 e. The minimum atomic E-state index is -5.16. The molecule has 2 amide bonds. The van der Waals surface area contributed by atoms with E-state index in [1.807, 2.05) is 0 Å². The summed E-state index contributed by atoms with van der Waals surface area (Å²) in [6, 6.07) is 2.50. The molecule has 222 valence electrons. The van der Waals surface area contributed by atoms with Gasteiger partial charge in [0.25, 0.3) is 5.56 Å². The normalized spacial score (nSPS) is 12.8. The van der Waals surface area contributed by atoms with Crippen LogP contribution in [0.1, 0.15) is 47.1 Å². The Bertz CT molecular complexity index is 1680. The third-order valence-electron chi connectivity index (χ3n) is 4.96. The van der Waals surface area contributed by atoms with Gasteiger partial charge in [0.05, 0.1) is 22.3 Å². The van der Waals surface area contributed by atoms with E-state index in [1.54, 1.807) is 0 Å². The molecule has 0 fully saturated rings. The zero-order chi connectivity index (χ0) is 31.3. The van der Waals surface area contributed by atoms with Crippen molar-refractivity contribution in [3.8, 4) is 5.69 Å². The number of para-hydroxylation sites is 1. The predicted molar refractivity (Wildman–Crippen MR) is 138 cm³/mol. The first-order valence-corrected chi connectivity index (χ1v) is 13.7. The number of hydrogen-bond acceptors (Lipinski definition) is 9. The highest BCUT2D eigenvalue weighted by atomic mass is 32.2. The van der Waals surface area contributed by atoms with Crippen LogP contribution in [0.15, 0.2) is 40.4 Å². The number of hydrogen-bond donors (Lipinski definition) is 0. The first kappa shape index (κ1) is 31.4. The Morgan fingerprint density at radius 2 is 1.51 bits per heavy atom. The fourth-order valence-corrected chi connectivity index (χ4v) is 4.01. The van der Waals surface area contributed by atoms with Crippen molar-refractivity contribution in [3.05, 3.63) is 52.2 Å². The Balaban J connectivity index is 2.53. The molecule has 0 spiro atoms. The Kier molecular flexibility index (Phi) is 7.97. The summed E-state index contributed by atoms with van der Waals surface area (Å²) in [6.45, 7) is 8.87. The van der Waals surface area contributed by atoms with Crippen LogP contribution in [0.5, 0.6) is 0 Å². The number of rotatable bonds is 3. The molecule has 16 heteroatoms. The number of halogens is 4. The molecule has 0 unspecified atom stereocenters. The number of benzene rings is 1. The fraction of sp³-hybridized carbons (Fsp3) is 0.400. The molecule has 11 nitrogen and oxygen atoms in total. The lowest BCUT2D eigenvalue weighted by molar-refractivity contribution is -0.137. The van der Waals surface area contributed by atoms with Crippen molar-refractivity contribution >= 4 is 38.7 Å². The van der Waals surface area contributed by atoms with Gasteiger partial charge in [0.1, 0.15) is 17.0 Å². The second-order valence-corrected chi connectivity index (χ2v) is 12.7. The maximum Gasteiger partial charge on any atom is 0.424 e. The number of imide groups is 1. The number of ether oxygens (including phenoxy) is 2. The lowest BCUT2D eigenvalue weighted by atomic mass is 10.1. The molecule has 0 aliphatic carbocycles. The maximum atomic E-state index is 15.0. The van der Waals surface area contributed by atoms with Crippen molar-refractivity contribution < 1.29 is 45.0 Å². The highest BCUT2D eigenvalue weighted by Gasteiger charge is 2.38. The largest absolute Gasteiger partial charge is 0.443 e. The minimum absolute atomic E-state index is 0.190. The third-order valence-corrected chi connectivity index (χ3v) is 5.82. The molecular formula is C25H26F4N4O7S. The molecule has 0 aliphatic heterocycles. The number of aromatic nitrogens is 3. The van der Waals surface area contributed by atoms with Crippen molar-refractivity contribution in [2.75, 3.05) is 11.2 Å². The molecule has 1 aromatic carbocycles. The van der Waals surface area contributed by atoms with Gasteiger partial charge in [0.2, 0.25) is 15.0 Å². The average Bonchev–Trinajstić information content (AvgIpc) is 2.75. The van der Waals surface area contributed by atoms with Gasteiger partial charge in [-0.25, -0.2) is 27.4 Å². The quantitative estimate of drug-likeness (QED) is 0.299. The number of alkyl halides is 3. The van der Waals surface area contributed by atoms with E-state index in [2.05, 4.69) is 9.97 Å². The molecule has 0 saturated heterocycles. The van der Waals surface area contributed by atoms with Crippen LogP contribution in [-0.4, -0.2) is 52.6 Å². The molecule has 2 aromatic heterocycles. The summed E-state index contributed by atoms with van der Waals surface area (Å²) >= 11 is 0. The molecule has 0 saturated carbocycles. The monoisotopic (exact) mass is 602 g/mol. The van der Waals surface area contributed by atoms with Gasteiger partial charge in [-0.1, -0.05) is 6.07 Å². The Morgan fingerprint density at radius 1 is 0.976 bits per heavy atom. The van der Waals surface area contributed by atoms with Gasteiger partial charge in [-0.2, -0.15) is 23.1 Å². The van der Waals surface area contributed by atoms with Crippen LogP contribution in [0, 0.1) is 5.82 Å². The summed E-state index contributed by atoms with van der Waals surface area (Å²) in [5, 5.41) is -1.41. The van der Waals surface area contributed by atoms with Crippen LogP contribution in [0.2, 0.25) is 0 Å². The summed E-state index contributed by atoms with van der Waals surface area (Å²) in [7, 11) is -4.22. The fourth-order valence-electron chi connectivity index (χ4n) is 3.51. The van der Waals surface area contributed by atoms with Crippen LogP contribution in [0.3, 0.4) is 0 Å². The molecule has 3 rings (SSSR count). The molecule has 0 atom stereocenters. The third kappa shape index (κ3) is 6.99. The van der Waals surface area contributed by atoms with E-state index in [0.29, 0.717) is 29.4 Å². The van der Waals surface area contributed by atoms with E-state index in [-0.39, 0.29) is 4.57 Å². The van der Waals surface area contributed by atoms with E-state index < -0.39 is 83.9 Å². The number of anilines is 1. The number of sulfone groups is 1. The van der Waals surface area contributed by atoms with Gasteiger partial charge in [0, 0.05) is 18.5 Å². The van der Waals surface area contributed by atoms with Crippen molar-refractivity contribution in [3.63, 3.8) is 0 Å². The second-order valence-electron chi connectivity index (χ2n) is 10.8. The lowest BCUT2D eigenvalue weighted by Crippen LogP contribution is -2.44. The first-order valence-electron chi connectivity index (χ1n) is 11.8. The van der Waals surface area contributed by atoms with Gasteiger partial charge in [0.15, 0.2) is 5.65 Å². The highest BCUT2D eigenvalue weighted by Crippen LogP contribution is 2.37. The van der Waals surface area contributed by atoms with Crippen LogP contribution >= 0.6 is 0 Å². The Morgan fingerprint density at radius 3 is 1.98 bits per heavy atom. The Hall–Kier alpha value is -4.08. The second kappa shape index (κ2) is 10.4. The van der Waals surface area contributed by atoms with Crippen LogP contribution in [0.4, 0.5) is 32.8 Å². The van der Waals surface area contributed by atoms with E-state index in [1.165, 1.54) is 41.5 Å². The van der Waals surface area contributed by atoms with Gasteiger partial charge in [-0.3, -0.25) is 9.36 Å². The van der Waals surface area contributed by atoms with Crippen molar-refractivity contribution in [1.82, 2.24) is 14.5 Å². The SMILES string of the molecule is CC(C)(C)OC(=O)N(C(=O)OC(C)(C)C)c1cc(=O)n(-c2c(F)cccc2C(F)(F)F)c2nc(S(C)(=O)=O)ncc12. The van der Waals surface area contributed by atoms with Gasteiger partial charge < -0.3 is 9.47 Å². The number of nitrogens with zero attached hydrogens (tertiary/aromatic N) is 4.